The topological polar surface area (TPSA) is 71.9 Å². The smallest absolute Gasteiger partial charge is 0.413 e. The van der Waals surface area contributed by atoms with Crippen LogP contribution in [0.1, 0.15) is 41.5 Å². The molecule has 0 saturated heterocycles. The standard InChI is InChI=1S/C12H24N2O3Si/c1-8(2)17-18(9(3)4,10(5)6)11(14-13)12(15)16-7/h8-10H,1-7H3. The largest absolute Gasteiger partial charge is 0.461 e. The van der Waals surface area contributed by atoms with Crippen LogP contribution < -0.4 is 0 Å². The van der Waals surface area contributed by atoms with Crippen LogP contribution in [0.15, 0.2) is 0 Å². The highest BCUT2D eigenvalue weighted by Crippen LogP contribution is 2.35. The summed E-state index contributed by atoms with van der Waals surface area (Å²) in [5.41, 5.74) is 9.42. The first-order chi connectivity index (χ1) is 8.23. The van der Waals surface area contributed by atoms with E-state index in [9.17, 15) is 10.3 Å². The van der Waals surface area contributed by atoms with Crippen molar-refractivity contribution in [3.05, 3.63) is 5.53 Å². The van der Waals surface area contributed by atoms with E-state index in [1.807, 2.05) is 41.5 Å². The summed E-state index contributed by atoms with van der Waals surface area (Å²) < 4.78 is 10.8. The van der Waals surface area contributed by atoms with Crippen LogP contribution in [0, 0.1) is 0 Å². The molecule has 0 heterocycles. The van der Waals surface area contributed by atoms with Gasteiger partial charge in [0.25, 0.3) is 0 Å². The molecule has 0 aliphatic rings. The maximum absolute atomic E-state index is 11.8. The molecule has 18 heavy (non-hydrogen) atoms. The van der Waals surface area contributed by atoms with Gasteiger partial charge in [-0.05, 0) is 24.9 Å². The number of rotatable bonds is 6. The minimum atomic E-state index is -2.70. The van der Waals surface area contributed by atoms with Crippen molar-refractivity contribution in [3.8, 4) is 0 Å². The van der Waals surface area contributed by atoms with E-state index in [-0.39, 0.29) is 22.5 Å². The van der Waals surface area contributed by atoms with E-state index in [1.54, 1.807) is 0 Å². The Kier molecular flexibility index (Phi) is 6.46. The van der Waals surface area contributed by atoms with Crippen molar-refractivity contribution in [3.63, 3.8) is 0 Å². The van der Waals surface area contributed by atoms with Gasteiger partial charge in [0.05, 0.1) is 7.11 Å². The molecule has 0 aromatic rings. The Morgan fingerprint density at radius 3 is 1.78 bits per heavy atom. The van der Waals surface area contributed by atoms with Gasteiger partial charge in [-0.1, -0.05) is 27.7 Å². The summed E-state index contributed by atoms with van der Waals surface area (Å²) >= 11 is 0. The maximum atomic E-state index is 11.8. The zero-order chi connectivity index (χ0) is 14.5. The number of hydrogen-bond donors (Lipinski definition) is 0. The molecule has 0 atom stereocenters. The molecule has 0 fully saturated rings. The predicted molar refractivity (Wildman–Crippen MR) is 72.8 cm³/mol. The normalized spacial score (nSPS) is 11.9. The first-order valence-electron chi connectivity index (χ1n) is 6.22. The minimum absolute atomic E-state index is 0.0390. The van der Waals surface area contributed by atoms with Crippen molar-refractivity contribution in [2.24, 2.45) is 0 Å². The SMILES string of the molecule is COC(=O)C(=[N+]=[N-])[Si](OC(C)C)(C(C)C)C(C)C. The van der Waals surface area contributed by atoms with Crippen molar-refractivity contribution in [1.82, 2.24) is 0 Å². The molecule has 0 unspecified atom stereocenters. The van der Waals surface area contributed by atoms with E-state index in [4.69, 9.17) is 9.16 Å². The van der Waals surface area contributed by atoms with Gasteiger partial charge in [0.2, 0.25) is 0 Å². The Labute approximate surface area is 110 Å². The van der Waals surface area contributed by atoms with Gasteiger partial charge in [0, 0.05) is 6.10 Å². The lowest BCUT2D eigenvalue weighted by Crippen LogP contribution is -2.58. The Morgan fingerprint density at radius 2 is 1.56 bits per heavy atom. The molecule has 0 amide bonds. The van der Waals surface area contributed by atoms with Crippen LogP contribution in [0.4, 0.5) is 0 Å². The predicted octanol–water partition coefficient (Wildman–Crippen LogP) is 2.56. The number of esters is 1. The Hall–Kier alpha value is -0.973. The molecule has 0 aromatic carbocycles. The number of carbonyl (C=O) groups is 1. The van der Waals surface area contributed by atoms with E-state index in [0.717, 1.165) is 0 Å². The summed E-state index contributed by atoms with van der Waals surface area (Å²) in [6.45, 7) is 11.8. The molecule has 0 rings (SSSR count). The third-order valence-electron chi connectivity index (χ3n) is 2.99. The number of carbonyl (C=O) groups excluding carboxylic acids is 1. The van der Waals surface area contributed by atoms with E-state index in [2.05, 4.69) is 4.79 Å². The average Bonchev–Trinajstić information content (AvgIpc) is 2.26. The van der Waals surface area contributed by atoms with Crippen LogP contribution in [-0.2, 0) is 14.0 Å². The van der Waals surface area contributed by atoms with Crippen molar-refractivity contribution < 1.29 is 18.7 Å². The van der Waals surface area contributed by atoms with Crippen LogP contribution in [0.25, 0.3) is 5.53 Å². The van der Waals surface area contributed by atoms with Crippen LogP contribution in [-0.4, -0.2) is 37.6 Å². The zero-order valence-corrected chi connectivity index (χ0v) is 13.4. The summed E-state index contributed by atoms with van der Waals surface area (Å²) in [4.78, 5) is 15.0. The van der Waals surface area contributed by atoms with Crippen molar-refractivity contribution >= 4 is 19.6 Å². The fraction of sp³-hybridized carbons (Fsp3) is 0.833. The van der Waals surface area contributed by atoms with Crippen LogP contribution in [0.3, 0.4) is 0 Å². The number of ether oxygens (including phenoxy) is 1. The molecule has 0 radical (unpaired) electrons. The molecular formula is C12H24N2O3Si. The van der Waals surface area contributed by atoms with Gasteiger partial charge in [-0.2, -0.15) is 4.79 Å². The van der Waals surface area contributed by atoms with Crippen molar-refractivity contribution in [2.45, 2.75) is 58.7 Å². The van der Waals surface area contributed by atoms with Gasteiger partial charge in [0.15, 0.2) is 0 Å². The van der Waals surface area contributed by atoms with Crippen molar-refractivity contribution in [1.29, 1.82) is 0 Å². The lowest BCUT2D eigenvalue weighted by Gasteiger charge is -2.34. The lowest BCUT2D eigenvalue weighted by atomic mass is 10.5. The fourth-order valence-electron chi connectivity index (χ4n) is 2.31. The molecule has 0 aliphatic carbocycles. The fourth-order valence-corrected chi connectivity index (χ4v) is 6.75. The summed E-state index contributed by atoms with van der Waals surface area (Å²) in [5, 5.41) is 0.0590. The van der Waals surface area contributed by atoms with Crippen LogP contribution in [0.2, 0.25) is 11.1 Å². The van der Waals surface area contributed by atoms with E-state index in [0.29, 0.717) is 0 Å². The minimum Gasteiger partial charge on any atom is -0.461 e. The Bertz CT molecular complexity index is 339. The first-order valence-corrected chi connectivity index (χ1v) is 8.28. The third-order valence-corrected chi connectivity index (χ3v) is 8.33. The molecule has 6 heteroatoms. The van der Waals surface area contributed by atoms with Gasteiger partial charge in [-0.3, -0.25) is 0 Å². The highest BCUT2D eigenvalue weighted by molar-refractivity contribution is 7.11. The number of methoxy groups -OCH3 is 1. The van der Waals surface area contributed by atoms with E-state index >= 15 is 0 Å². The van der Waals surface area contributed by atoms with Gasteiger partial charge < -0.3 is 14.7 Å². The number of nitrogens with zero attached hydrogens (tertiary/aromatic N) is 2. The molecule has 0 spiro atoms. The summed E-state index contributed by atoms with van der Waals surface area (Å²) in [6.07, 6.45) is -0.0390. The first kappa shape index (κ1) is 17.0. The molecule has 5 nitrogen and oxygen atoms in total. The molecule has 0 bridgehead atoms. The second-order valence-electron chi connectivity index (χ2n) is 5.21. The second-order valence-corrected chi connectivity index (χ2v) is 9.81. The van der Waals surface area contributed by atoms with Crippen LogP contribution >= 0.6 is 0 Å². The summed E-state index contributed by atoms with van der Waals surface area (Å²) in [6, 6.07) is 0. The van der Waals surface area contributed by atoms with Gasteiger partial charge in [-0.25, -0.2) is 4.79 Å². The van der Waals surface area contributed by atoms with E-state index in [1.165, 1.54) is 7.11 Å². The molecular weight excluding hydrogens is 248 g/mol. The number of hydrogen-bond acceptors (Lipinski definition) is 3. The Balaban J connectivity index is 5.84. The summed E-state index contributed by atoms with van der Waals surface area (Å²) in [7, 11) is -1.42. The average molecular weight is 272 g/mol. The Morgan fingerprint density at radius 1 is 1.11 bits per heavy atom. The highest BCUT2D eigenvalue weighted by Gasteiger charge is 2.58. The van der Waals surface area contributed by atoms with E-state index < -0.39 is 14.3 Å². The molecule has 0 N–H and O–H groups in total. The third kappa shape index (κ3) is 3.28. The molecule has 104 valence electrons. The molecule has 0 saturated carbocycles. The molecule has 0 aliphatic heterocycles. The second kappa shape index (κ2) is 6.83. The van der Waals surface area contributed by atoms with Gasteiger partial charge >= 0.3 is 19.6 Å². The zero-order valence-electron chi connectivity index (χ0n) is 12.4. The van der Waals surface area contributed by atoms with Crippen LogP contribution in [0.5, 0.6) is 0 Å². The monoisotopic (exact) mass is 272 g/mol. The summed E-state index contributed by atoms with van der Waals surface area (Å²) in [5.74, 6) is -0.604. The lowest BCUT2D eigenvalue weighted by molar-refractivity contribution is -0.137. The van der Waals surface area contributed by atoms with Gasteiger partial charge in [0.1, 0.15) is 0 Å². The molecule has 0 aromatic heterocycles. The highest BCUT2D eigenvalue weighted by atomic mass is 28.4. The van der Waals surface area contributed by atoms with Crippen molar-refractivity contribution in [2.75, 3.05) is 7.11 Å². The maximum Gasteiger partial charge on any atom is 0.413 e. The quantitative estimate of drug-likeness (QED) is 0.245. The van der Waals surface area contributed by atoms with Gasteiger partial charge in [-0.15, -0.1) is 0 Å².